The van der Waals surface area contributed by atoms with Crippen LogP contribution in [0.3, 0.4) is 0 Å². The molecule has 180 valence electrons. The minimum atomic E-state index is -0.974. The Labute approximate surface area is 210 Å². The average molecular weight is 501 g/mol. The summed E-state index contributed by atoms with van der Waals surface area (Å²) in [6.07, 6.45) is 2.94. The lowest BCUT2D eigenvalue weighted by molar-refractivity contribution is -0.117. The number of hydrogen-bond donors (Lipinski definition) is 1. The second-order valence-corrected chi connectivity index (χ2v) is 9.07. The Morgan fingerprint density at radius 2 is 1.89 bits per heavy atom. The molecule has 5 rings (SSSR count). The molecule has 8 heteroatoms. The van der Waals surface area contributed by atoms with Crippen molar-refractivity contribution in [2.24, 2.45) is 0 Å². The molecule has 0 bridgehead atoms. The van der Waals surface area contributed by atoms with Crippen LogP contribution in [0.1, 0.15) is 24.1 Å². The molecule has 2 heterocycles. The van der Waals surface area contributed by atoms with Gasteiger partial charge in [-0.3, -0.25) is 14.5 Å². The molecule has 3 aromatic carbocycles. The Bertz CT molecular complexity index is 1510. The van der Waals surface area contributed by atoms with Gasteiger partial charge in [-0.2, -0.15) is 0 Å². The van der Waals surface area contributed by atoms with E-state index in [9.17, 15) is 19.1 Å². The number of halogens is 1. The molecule has 1 aromatic heterocycles. The molecule has 1 atom stereocenters. The topological polar surface area (TPSA) is 79.7 Å². The van der Waals surface area contributed by atoms with Crippen LogP contribution in [-0.2, 0) is 9.59 Å². The van der Waals surface area contributed by atoms with Crippen LogP contribution in [0.25, 0.3) is 16.3 Å². The van der Waals surface area contributed by atoms with Gasteiger partial charge in [0.25, 0.3) is 5.91 Å². The third kappa shape index (κ3) is 4.38. The van der Waals surface area contributed by atoms with Gasteiger partial charge in [0, 0.05) is 0 Å². The predicted octanol–water partition coefficient (Wildman–Crippen LogP) is 6.02. The monoisotopic (exact) mass is 500 g/mol. The summed E-state index contributed by atoms with van der Waals surface area (Å²) in [7, 11) is 0. The number of benzene rings is 3. The minimum absolute atomic E-state index is 0.0898. The second-order valence-electron chi connectivity index (χ2n) is 8.06. The van der Waals surface area contributed by atoms with Crippen molar-refractivity contribution in [3.05, 3.63) is 107 Å². The highest BCUT2D eigenvalue weighted by Crippen LogP contribution is 2.44. The summed E-state index contributed by atoms with van der Waals surface area (Å²) >= 11 is 1.24. The van der Waals surface area contributed by atoms with Crippen molar-refractivity contribution in [1.82, 2.24) is 4.98 Å². The number of carbonyl (C=O) groups excluding carboxylic acids is 2. The summed E-state index contributed by atoms with van der Waals surface area (Å²) in [5.41, 5.74) is 1.82. The molecule has 0 spiro atoms. The van der Waals surface area contributed by atoms with Crippen molar-refractivity contribution in [3.8, 4) is 5.75 Å². The average Bonchev–Trinajstić information content (AvgIpc) is 3.42. The summed E-state index contributed by atoms with van der Waals surface area (Å²) in [5.74, 6) is -1.71. The van der Waals surface area contributed by atoms with Crippen LogP contribution in [-0.4, -0.2) is 28.4 Å². The summed E-state index contributed by atoms with van der Waals surface area (Å²) in [6, 6.07) is 19.1. The standard InChI is InChI=1S/C28H21FN2O4S/c1-2-35-20-13-14-21-23(16-20)36-28(30-21)31-25(18-9-11-19(29)12-10-18)24(26(33)27(31)34)22(32)15-8-17-6-4-3-5-7-17/h3-16,25,33H,2H2,1H3. The van der Waals surface area contributed by atoms with Gasteiger partial charge in [-0.05, 0) is 54.5 Å². The van der Waals surface area contributed by atoms with Gasteiger partial charge in [-0.25, -0.2) is 9.37 Å². The number of ketones is 1. The van der Waals surface area contributed by atoms with E-state index in [1.54, 1.807) is 18.2 Å². The largest absolute Gasteiger partial charge is 0.503 e. The van der Waals surface area contributed by atoms with E-state index in [4.69, 9.17) is 4.74 Å². The maximum Gasteiger partial charge on any atom is 0.296 e. The van der Waals surface area contributed by atoms with Crippen LogP contribution in [0, 0.1) is 5.82 Å². The number of thiazole rings is 1. The zero-order chi connectivity index (χ0) is 25.2. The summed E-state index contributed by atoms with van der Waals surface area (Å²) in [6.45, 7) is 2.39. The van der Waals surface area contributed by atoms with E-state index in [-0.39, 0.29) is 5.57 Å². The molecule has 1 amide bonds. The lowest BCUT2D eigenvalue weighted by atomic mass is 9.95. The highest BCUT2D eigenvalue weighted by atomic mass is 32.1. The SMILES string of the molecule is CCOc1ccc2nc(N3C(=O)C(O)=C(C(=O)C=Cc4ccccc4)C3c3ccc(F)cc3)sc2c1. The van der Waals surface area contributed by atoms with Crippen LogP contribution in [0.5, 0.6) is 5.75 Å². The molecule has 6 nitrogen and oxygen atoms in total. The van der Waals surface area contributed by atoms with Crippen LogP contribution >= 0.6 is 11.3 Å². The third-order valence-corrected chi connectivity index (χ3v) is 6.77. The number of carbonyl (C=O) groups is 2. The van der Waals surface area contributed by atoms with Crippen molar-refractivity contribution in [3.63, 3.8) is 0 Å². The zero-order valence-corrected chi connectivity index (χ0v) is 20.0. The van der Waals surface area contributed by atoms with Crippen molar-refractivity contribution in [2.45, 2.75) is 13.0 Å². The Balaban J connectivity index is 1.58. The number of amides is 1. The van der Waals surface area contributed by atoms with Gasteiger partial charge >= 0.3 is 0 Å². The third-order valence-electron chi connectivity index (χ3n) is 5.75. The molecule has 0 saturated heterocycles. The number of ether oxygens (including phenoxy) is 1. The molecule has 0 aliphatic carbocycles. The van der Waals surface area contributed by atoms with E-state index in [0.717, 1.165) is 10.3 Å². The van der Waals surface area contributed by atoms with E-state index >= 15 is 0 Å². The molecule has 1 aliphatic rings. The van der Waals surface area contributed by atoms with Crippen molar-refractivity contribution in [2.75, 3.05) is 11.5 Å². The fraction of sp³-hybridized carbons (Fsp3) is 0.107. The molecule has 4 aromatic rings. The van der Waals surface area contributed by atoms with Crippen LogP contribution in [0.2, 0.25) is 0 Å². The molecular formula is C28H21FN2O4S. The fourth-order valence-electron chi connectivity index (χ4n) is 4.09. The van der Waals surface area contributed by atoms with Crippen molar-refractivity contribution >= 4 is 44.5 Å². The Morgan fingerprint density at radius 1 is 1.14 bits per heavy atom. The highest BCUT2D eigenvalue weighted by molar-refractivity contribution is 7.22. The molecule has 0 fully saturated rings. The zero-order valence-electron chi connectivity index (χ0n) is 19.2. The lowest BCUT2D eigenvalue weighted by Gasteiger charge is -2.24. The molecule has 0 radical (unpaired) electrons. The number of aromatic nitrogens is 1. The van der Waals surface area contributed by atoms with E-state index in [0.29, 0.717) is 28.6 Å². The van der Waals surface area contributed by atoms with Gasteiger partial charge in [0.05, 0.1) is 28.4 Å². The maximum atomic E-state index is 13.7. The quantitative estimate of drug-likeness (QED) is 0.314. The molecular weight excluding hydrogens is 479 g/mol. The smallest absolute Gasteiger partial charge is 0.296 e. The first-order chi connectivity index (χ1) is 17.5. The highest BCUT2D eigenvalue weighted by Gasteiger charge is 2.45. The second kappa shape index (κ2) is 9.75. The van der Waals surface area contributed by atoms with Crippen LogP contribution < -0.4 is 9.64 Å². The molecule has 1 unspecified atom stereocenters. The van der Waals surface area contributed by atoms with Gasteiger partial charge in [0.2, 0.25) is 0 Å². The van der Waals surface area contributed by atoms with E-state index < -0.39 is 29.3 Å². The summed E-state index contributed by atoms with van der Waals surface area (Å²) in [4.78, 5) is 32.5. The Hall–Kier alpha value is -4.30. The first-order valence-electron chi connectivity index (χ1n) is 11.3. The first kappa shape index (κ1) is 23.4. The number of fused-ring (bicyclic) bond motifs is 1. The number of aliphatic hydroxyl groups excluding tert-OH is 1. The van der Waals surface area contributed by atoms with E-state index in [1.807, 2.05) is 43.3 Å². The van der Waals surface area contributed by atoms with E-state index in [1.165, 1.54) is 46.6 Å². The molecule has 1 aliphatic heterocycles. The number of rotatable bonds is 7. The summed E-state index contributed by atoms with van der Waals surface area (Å²) < 4.78 is 20.1. The predicted molar refractivity (Wildman–Crippen MR) is 138 cm³/mol. The Morgan fingerprint density at radius 3 is 2.61 bits per heavy atom. The molecule has 1 N–H and O–H groups in total. The van der Waals surface area contributed by atoms with Crippen LogP contribution in [0.15, 0.2) is 90.2 Å². The van der Waals surface area contributed by atoms with Crippen molar-refractivity contribution < 1.29 is 23.8 Å². The summed E-state index contributed by atoms with van der Waals surface area (Å²) in [5, 5.41) is 11.2. The number of hydrogen-bond acceptors (Lipinski definition) is 6. The van der Waals surface area contributed by atoms with Gasteiger partial charge in [-0.1, -0.05) is 59.9 Å². The van der Waals surface area contributed by atoms with Gasteiger partial charge in [0.15, 0.2) is 16.7 Å². The van der Waals surface area contributed by atoms with Gasteiger partial charge in [0.1, 0.15) is 11.6 Å². The number of nitrogens with zero attached hydrogens (tertiary/aromatic N) is 2. The molecule has 0 saturated carbocycles. The van der Waals surface area contributed by atoms with Crippen LogP contribution in [0.4, 0.5) is 9.52 Å². The van der Waals surface area contributed by atoms with Crippen molar-refractivity contribution in [1.29, 1.82) is 0 Å². The van der Waals surface area contributed by atoms with Gasteiger partial charge < -0.3 is 9.84 Å². The lowest BCUT2D eigenvalue weighted by Crippen LogP contribution is -2.30. The Kier molecular flexibility index (Phi) is 6.35. The maximum absolute atomic E-state index is 13.7. The fourth-order valence-corrected chi connectivity index (χ4v) is 5.11. The van der Waals surface area contributed by atoms with Gasteiger partial charge in [-0.15, -0.1) is 0 Å². The molecule has 36 heavy (non-hydrogen) atoms. The normalized spacial score (nSPS) is 15.9. The van der Waals surface area contributed by atoms with E-state index in [2.05, 4.69) is 4.98 Å². The minimum Gasteiger partial charge on any atom is -0.503 e. The number of allylic oxidation sites excluding steroid dienone is 1. The first-order valence-corrected chi connectivity index (χ1v) is 12.1. The number of aliphatic hydroxyl groups is 1. The number of anilines is 1.